The van der Waals surface area contributed by atoms with Gasteiger partial charge in [0.2, 0.25) is 0 Å². The Morgan fingerprint density at radius 1 is 1.32 bits per heavy atom. The Morgan fingerprint density at radius 3 is 2.47 bits per heavy atom. The molecular formula is C16H21NO2. The maximum Gasteiger partial charge on any atom is 0.253 e. The van der Waals surface area contributed by atoms with Crippen molar-refractivity contribution in [2.45, 2.75) is 20.3 Å². The molecule has 19 heavy (non-hydrogen) atoms. The maximum absolute atomic E-state index is 12.1. The topological polar surface area (TPSA) is 40.5 Å². The predicted molar refractivity (Wildman–Crippen MR) is 76.8 cm³/mol. The Balaban J connectivity index is 2.71. The molecule has 0 aliphatic rings. The summed E-state index contributed by atoms with van der Waals surface area (Å²) in [6.45, 7) is 4.99. The van der Waals surface area contributed by atoms with E-state index in [1.54, 1.807) is 17.0 Å². The van der Waals surface area contributed by atoms with Crippen molar-refractivity contribution in [3.8, 4) is 11.8 Å². The minimum atomic E-state index is 0.0311. The summed E-state index contributed by atoms with van der Waals surface area (Å²) in [5, 5.41) is 8.64. The molecule has 0 spiro atoms. The minimum absolute atomic E-state index is 0.0311. The van der Waals surface area contributed by atoms with E-state index in [-0.39, 0.29) is 12.5 Å². The molecule has 3 nitrogen and oxygen atoms in total. The summed E-state index contributed by atoms with van der Waals surface area (Å²) in [4.78, 5) is 13.8. The van der Waals surface area contributed by atoms with E-state index in [0.29, 0.717) is 17.9 Å². The molecule has 0 aliphatic carbocycles. The Labute approximate surface area is 115 Å². The van der Waals surface area contributed by atoms with Crippen LogP contribution in [-0.4, -0.2) is 36.1 Å². The molecule has 1 aromatic rings. The summed E-state index contributed by atoms with van der Waals surface area (Å²) < 4.78 is 0. The van der Waals surface area contributed by atoms with Gasteiger partial charge in [0.25, 0.3) is 5.91 Å². The number of aliphatic hydroxyl groups is 1. The number of rotatable bonds is 4. The van der Waals surface area contributed by atoms with Crippen molar-refractivity contribution in [1.82, 2.24) is 4.90 Å². The van der Waals surface area contributed by atoms with E-state index in [2.05, 4.69) is 25.7 Å². The van der Waals surface area contributed by atoms with Crippen molar-refractivity contribution in [2.75, 3.05) is 20.2 Å². The first-order chi connectivity index (χ1) is 9.04. The van der Waals surface area contributed by atoms with Crippen LogP contribution in [-0.2, 0) is 0 Å². The summed E-state index contributed by atoms with van der Waals surface area (Å²) >= 11 is 0. The van der Waals surface area contributed by atoms with Crippen molar-refractivity contribution in [2.24, 2.45) is 5.92 Å². The SMILES string of the molecule is CC(C)CN(C)C(=O)c1ccc(C#CCCO)cc1. The quantitative estimate of drug-likeness (QED) is 0.842. The van der Waals surface area contributed by atoms with Crippen LogP contribution in [0.4, 0.5) is 0 Å². The third-order valence-electron chi connectivity index (χ3n) is 2.59. The van der Waals surface area contributed by atoms with E-state index in [9.17, 15) is 4.79 Å². The Morgan fingerprint density at radius 2 is 1.95 bits per heavy atom. The van der Waals surface area contributed by atoms with Gasteiger partial charge in [-0.05, 0) is 30.2 Å². The summed E-state index contributed by atoms with van der Waals surface area (Å²) in [7, 11) is 1.82. The third kappa shape index (κ3) is 5.15. The molecule has 0 bridgehead atoms. The summed E-state index contributed by atoms with van der Waals surface area (Å²) in [5.41, 5.74) is 1.53. The van der Waals surface area contributed by atoms with Gasteiger partial charge in [0.05, 0.1) is 6.61 Å². The highest BCUT2D eigenvalue weighted by molar-refractivity contribution is 5.94. The van der Waals surface area contributed by atoms with Gasteiger partial charge < -0.3 is 10.0 Å². The van der Waals surface area contributed by atoms with Gasteiger partial charge in [-0.25, -0.2) is 0 Å². The monoisotopic (exact) mass is 259 g/mol. The number of carbonyl (C=O) groups excluding carboxylic acids is 1. The van der Waals surface area contributed by atoms with Crippen molar-refractivity contribution in [3.63, 3.8) is 0 Å². The normalized spacial score (nSPS) is 9.95. The van der Waals surface area contributed by atoms with Gasteiger partial charge in [-0.1, -0.05) is 25.7 Å². The van der Waals surface area contributed by atoms with Crippen molar-refractivity contribution in [1.29, 1.82) is 0 Å². The molecule has 102 valence electrons. The van der Waals surface area contributed by atoms with Gasteiger partial charge >= 0.3 is 0 Å². The van der Waals surface area contributed by atoms with E-state index < -0.39 is 0 Å². The van der Waals surface area contributed by atoms with Crippen LogP contribution in [0, 0.1) is 17.8 Å². The van der Waals surface area contributed by atoms with Crippen LogP contribution < -0.4 is 0 Å². The molecule has 1 rings (SSSR count). The molecule has 0 saturated carbocycles. The van der Waals surface area contributed by atoms with Crippen LogP contribution in [0.5, 0.6) is 0 Å². The highest BCUT2D eigenvalue weighted by Gasteiger charge is 2.12. The maximum atomic E-state index is 12.1. The Bertz CT molecular complexity index is 466. The van der Waals surface area contributed by atoms with E-state index in [0.717, 1.165) is 12.1 Å². The highest BCUT2D eigenvalue weighted by atomic mass is 16.2. The average Bonchev–Trinajstić information content (AvgIpc) is 2.38. The van der Waals surface area contributed by atoms with E-state index in [1.165, 1.54) is 0 Å². The van der Waals surface area contributed by atoms with Crippen LogP contribution in [0.25, 0.3) is 0 Å². The van der Waals surface area contributed by atoms with Crippen LogP contribution >= 0.6 is 0 Å². The molecule has 0 atom stereocenters. The first-order valence-electron chi connectivity index (χ1n) is 6.50. The molecule has 3 heteroatoms. The lowest BCUT2D eigenvalue weighted by atomic mass is 10.1. The van der Waals surface area contributed by atoms with Gasteiger partial charge in [-0.2, -0.15) is 0 Å². The zero-order chi connectivity index (χ0) is 14.3. The van der Waals surface area contributed by atoms with Gasteiger partial charge in [0.1, 0.15) is 0 Å². The Hall–Kier alpha value is -1.79. The molecule has 0 aromatic heterocycles. The molecule has 0 heterocycles. The lowest BCUT2D eigenvalue weighted by molar-refractivity contribution is 0.0779. The standard InChI is InChI=1S/C16H21NO2/c1-13(2)12-17(3)16(19)15-9-7-14(8-10-15)6-4-5-11-18/h7-10,13,18H,5,11-12H2,1-3H3. The van der Waals surface area contributed by atoms with Crippen molar-refractivity contribution in [3.05, 3.63) is 35.4 Å². The molecule has 1 amide bonds. The van der Waals surface area contributed by atoms with E-state index in [4.69, 9.17) is 5.11 Å². The minimum Gasteiger partial charge on any atom is -0.395 e. The molecule has 1 N–H and O–H groups in total. The van der Waals surface area contributed by atoms with Crippen LogP contribution in [0.3, 0.4) is 0 Å². The van der Waals surface area contributed by atoms with Crippen LogP contribution in [0.2, 0.25) is 0 Å². The number of hydrogen-bond acceptors (Lipinski definition) is 2. The smallest absolute Gasteiger partial charge is 0.253 e. The van der Waals surface area contributed by atoms with Crippen molar-refractivity contribution < 1.29 is 9.90 Å². The zero-order valence-corrected chi connectivity index (χ0v) is 11.8. The zero-order valence-electron chi connectivity index (χ0n) is 11.8. The predicted octanol–water partition coefficient (Wildman–Crippen LogP) is 2.15. The third-order valence-corrected chi connectivity index (χ3v) is 2.59. The average molecular weight is 259 g/mol. The number of carbonyl (C=O) groups is 1. The van der Waals surface area contributed by atoms with Gasteiger partial charge in [0, 0.05) is 31.1 Å². The first kappa shape index (κ1) is 15.3. The van der Waals surface area contributed by atoms with Crippen molar-refractivity contribution >= 4 is 5.91 Å². The summed E-state index contributed by atoms with van der Waals surface area (Å²) in [5.74, 6) is 6.28. The second kappa shape index (κ2) is 7.60. The summed E-state index contributed by atoms with van der Waals surface area (Å²) in [6.07, 6.45) is 0.470. The fraction of sp³-hybridized carbons (Fsp3) is 0.438. The molecule has 0 fully saturated rings. The molecule has 0 radical (unpaired) electrons. The highest BCUT2D eigenvalue weighted by Crippen LogP contribution is 2.08. The van der Waals surface area contributed by atoms with Gasteiger partial charge in [0.15, 0.2) is 0 Å². The Kier molecular flexibility index (Phi) is 6.11. The fourth-order valence-corrected chi connectivity index (χ4v) is 1.77. The number of benzene rings is 1. The van der Waals surface area contributed by atoms with E-state index >= 15 is 0 Å². The molecular weight excluding hydrogens is 238 g/mol. The van der Waals surface area contributed by atoms with Gasteiger partial charge in [-0.3, -0.25) is 4.79 Å². The summed E-state index contributed by atoms with van der Waals surface area (Å²) in [6, 6.07) is 7.26. The lowest BCUT2D eigenvalue weighted by Gasteiger charge is -2.19. The van der Waals surface area contributed by atoms with E-state index in [1.807, 2.05) is 19.2 Å². The van der Waals surface area contributed by atoms with Crippen LogP contribution in [0.15, 0.2) is 24.3 Å². The number of aliphatic hydroxyl groups excluding tert-OH is 1. The number of hydrogen-bond donors (Lipinski definition) is 1. The molecule has 1 aromatic carbocycles. The second-order valence-corrected chi connectivity index (χ2v) is 4.93. The molecule has 0 aliphatic heterocycles. The molecule has 0 saturated heterocycles. The second-order valence-electron chi connectivity index (χ2n) is 4.93. The first-order valence-corrected chi connectivity index (χ1v) is 6.50. The number of amides is 1. The fourth-order valence-electron chi connectivity index (χ4n) is 1.77. The van der Waals surface area contributed by atoms with Crippen LogP contribution in [0.1, 0.15) is 36.2 Å². The largest absolute Gasteiger partial charge is 0.395 e. The molecule has 0 unspecified atom stereocenters. The lowest BCUT2D eigenvalue weighted by Crippen LogP contribution is -2.30. The number of nitrogens with zero attached hydrogens (tertiary/aromatic N) is 1. The van der Waals surface area contributed by atoms with Gasteiger partial charge in [-0.15, -0.1) is 0 Å².